The molecule has 0 aliphatic carbocycles. The molecule has 5 nitrogen and oxygen atoms in total. The Bertz CT molecular complexity index is 926. The van der Waals surface area contributed by atoms with E-state index in [4.69, 9.17) is 0 Å². The van der Waals surface area contributed by atoms with Crippen molar-refractivity contribution in [2.45, 2.75) is 17.7 Å². The minimum atomic E-state index is -3.52. The van der Waals surface area contributed by atoms with Gasteiger partial charge in [-0.1, -0.05) is 29.8 Å². The Morgan fingerprint density at radius 3 is 2.78 bits per heavy atom. The maximum absolute atomic E-state index is 12.4. The zero-order valence-corrected chi connectivity index (χ0v) is 14.5. The van der Waals surface area contributed by atoms with Gasteiger partial charge in [-0.2, -0.15) is 5.10 Å². The van der Waals surface area contributed by atoms with Crippen LogP contribution >= 0.6 is 11.3 Å². The molecule has 0 spiro atoms. The lowest BCUT2D eigenvalue weighted by atomic mass is 10.1. The molecule has 3 aromatic rings. The maximum Gasteiger partial charge on any atom is 0.250 e. The molecule has 2 aromatic heterocycles. The lowest BCUT2D eigenvalue weighted by Crippen LogP contribution is -2.22. The van der Waals surface area contributed by atoms with Gasteiger partial charge in [0.2, 0.25) is 10.0 Å². The monoisotopic (exact) mass is 347 g/mol. The topological polar surface area (TPSA) is 64.0 Å². The summed E-state index contributed by atoms with van der Waals surface area (Å²) in [6.07, 6.45) is 1.69. The van der Waals surface area contributed by atoms with E-state index in [-0.39, 0.29) is 6.54 Å². The number of nitrogens with zero attached hydrogens (tertiary/aromatic N) is 2. The average Bonchev–Trinajstić information content (AvgIpc) is 3.14. The fourth-order valence-electron chi connectivity index (χ4n) is 2.32. The average molecular weight is 347 g/mol. The number of aryl methyl sites for hydroxylation is 2. The van der Waals surface area contributed by atoms with Crippen molar-refractivity contribution in [2.75, 3.05) is 0 Å². The molecule has 3 rings (SSSR count). The molecule has 7 heteroatoms. The molecular formula is C16H17N3O2S2. The number of hydrogen-bond acceptors (Lipinski definition) is 4. The van der Waals surface area contributed by atoms with E-state index < -0.39 is 10.0 Å². The van der Waals surface area contributed by atoms with Gasteiger partial charge in [-0.3, -0.25) is 4.68 Å². The van der Waals surface area contributed by atoms with Crippen LogP contribution in [0.1, 0.15) is 11.1 Å². The Morgan fingerprint density at radius 2 is 2.09 bits per heavy atom. The zero-order valence-electron chi connectivity index (χ0n) is 12.9. The normalized spacial score (nSPS) is 11.7. The summed E-state index contributed by atoms with van der Waals surface area (Å²) in [5, 5.41) is 5.94. The first-order valence-corrected chi connectivity index (χ1v) is 9.44. The summed E-state index contributed by atoms with van der Waals surface area (Å²) in [5.74, 6) is 0. The van der Waals surface area contributed by atoms with Crippen LogP contribution in [0, 0.1) is 6.92 Å². The Kier molecular flexibility index (Phi) is 4.34. The van der Waals surface area contributed by atoms with Crippen LogP contribution in [-0.2, 0) is 23.6 Å². The summed E-state index contributed by atoms with van der Waals surface area (Å²) >= 11 is 1.21. The van der Waals surface area contributed by atoms with E-state index in [9.17, 15) is 8.42 Å². The smallest absolute Gasteiger partial charge is 0.250 e. The van der Waals surface area contributed by atoms with E-state index in [1.165, 1.54) is 11.3 Å². The van der Waals surface area contributed by atoms with Crippen molar-refractivity contribution >= 4 is 21.4 Å². The molecule has 1 aromatic carbocycles. The zero-order chi connectivity index (χ0) is 16.4. The van der Waals surface area contributed by atoms with E-state index in [1.54, 1.807) is 16.9 Å². The Hall–Kier alpha value is -1.96. The molecule has 0 fully saturated rings. The van der Waals surface area contributed by atoms with Crippen LogP contribution < -0.4 is 4.72 Å². The van der Waals surface area contributed by atoms with Gasteiger partial charge in [-0.25, -0.2) is 13.1 Å². The number of hydrogen-bond donors (Lipinski definition) is 1. The number of aromatic nitrogens is 2. The van der Waals surface area contributed by atoms with E-state index in [2.05, 4.69) is 9.82 Å². The van der Waals surface area contributed by atoms with Crippen LogP contribution in [0.3, 0.4) is 0 Å². The summed E-state index contributed by atoms with van der Waals surface area (Å²) < 4.78 is 29.6. The predicted octanol–water partition coefficient (Wildman–Crippen LogP) is 2.94. The lowest BCUT2D eigenvalue weighted by Gasteiger charge is -2.05. The highest BCUT2D eigenvalue weighted by atomic mass is 32.2. The van der Waals surface area contributed by atoms with Gasteiger partial charge in [0, 0.05) is 30.7 Å². The molecule has 0 aliphatic rings. The van der Waals surface area contributed by atoms with Gasteiger partial charge in [0.25, 0.3) is 0 Å². The molecule has 0 radical (unpaired) electrons. The lowest BCUT2D eigenvalue weighted by molar-refractivity contribution is 0.583. The van der Waals surface area contributed by atoms with Crippen molar-refractivity contribution in [3.63, 3.8) is 0 Å². The minimum absolute atomic E-state index is 0.281. The fraction of sp³-hybridized carbons (Fsp3) is 0.188. The first kappa shape index (κ1) is 15.9. The van der Waals surface area contributed by atoms with E-state index in [0.717, 1.165) is 22.4 Å². The molecule has 2 heterocycles. The fourth-order valence-corrected chi connectivity index (χ4v) is 4.56. The quantitative estimate of drug-likeness (QED) is 0.772. The van der Waals surface area contributed by atoms with Crippen molar-refractivity contribution < 1.29 is 8.42 Å². The second kappa shape index (κ2) is 6.27. The molecule has 0 bridgehead atoms. The molecule has 0 atom stereocenters. The van der Waals surface area contributed by atoms with Gasteiger partial charge in [0.1, 0.15) is 4.21 Å². The third-order valence-corrected chi connectivity index (χ3v) is 6.35. The third-order valence-electron chi connectivity index (χ3n) is 3.51. The highest BCUT2D eigenvalue weighted by Gasteiger charge is 2.18. The van der Waals surface area contributed by atoms with Crippen LogP contribution in [0.2, 0.25) is 0 Å². The van der Waals surface area contributed by atoms with Gasteiger partial charge in [-0.15, -0.1) is 11.3 Å². The standard InChI is InChI=1S/C16H17N3O2S2/c1-12-4-3-5-13(8-12)10-18-23(20,21)16-9-14(11-22-16)15-6-7-17-19(15)2/h3-9,11,18H,10H2,1-2H3. The summed E-state index contributed by atoms with van der Waals surface area (Å²) in [6, 6.07) is 11.3. The Morgan fingerprint density at radius 1 is 1.26 bits per heavy atom. The van der Waals surface area contributed by atoms with E-state index in [0.29, 0.717) is 4.21 Å². The second-order valence-electron chi connectivity index (χ2n) is 5.31. The van der Waals surface area contributed by atoms with Gasteiger partial charge >= 0.3 is 0 Å². The van der Waals surface area contributed by atoms with Gasteiger partial charge in [0.15, 0.2) is 0 Å². The van der Waals surface area contributed by atoms with Gasteiger partial charge < -0.3 is 0 Å². The molecule has 0 amide bonds. The van der Waals surface area contributed by atoms with Gasteiger partial charge in [0.05, 0.1) is 5.69 Å². The summed E-state index contributed by atoms with van der Waals surface area (Å²) in [4.78, 5) is 0. The molecule has 0 aliphatic heterocycles. The Balaban J connectivity index is 1.78. The second-order valence-corrected chi connectivity index (χ2v) is 8.21. The number of thiophene rings is 1. The predicted molar refractivity (Wildman–Crippen MR) is 91.7 cm³/mol. The number of sulfonamides is 1. The highest BCUT2D eigenvalue weighted by Crippen LogP contribution is 2.28. The van der Waals surface area contributed by atoms with Crippen LogP contribution in [0.15, 0.2) is 52.2 Å². The molecule has 0 unspecified atom stereocenters. The van der Waals surface area contributed by atoms with Crippen LogP contribution in [0.25, 0.3) is 11.3 Å². The van der Waals surface area contributed by atoms with Gasteiger partial charge in [-0.05, 0) is 24.6 Å². The van der Waals surface area contributed by atoms with E-state index in [1.807, 2.05) is 49.7 Å². The SMILES string of the molecule is Cc1cccc(CNS(=O)(=O)c2cc(-c3ccnn3C)cs2)c1. The first-order valence-electron chi connectivity index (χ1n) is 7.08. The Labute approximate surface area is 139 Å². The number of rotatable bonds is 5. The maximum atomic E-state index is 12.4. The number of benzene rings is 1. The third kappa shape index (κ3) is 3.52. The van der Waals surface area contributed by atoms with Crippen LogP contribution in [0.4, 0.5) is 0 Å². The van der Waals surface area contributed by atoms with Crippen molar-refractivity contribution in [3.8, 4) is 11.3 Å². The highest BCUT2D eigenvalue weighted by molar-refractivity contribution is 7.91. The summed E-state index contributed by atoms with van der Waals surface area (Å²) in [5.41, 5.74) is 3.79. The van der Waals surface area contributed by atoms with Crippen LogP contribution in [0.5, 0.6) is 0 Å². The summed E-state index contributed by atoms with van der Waals surface area (Å²) in [7, 11) is -1.69. The minimum Gasteiger partial charge on any atom is -0.268 e. The van der Waals surface area contributed by atoms with Crippen molar-refractivity contribution in [2.24, 2.45) is 7.05 Å². The van der Waals surface area contributed by atoms with Crippen molar-refractivity contribution in [3.05, 3.63) is 59.1 Å². The summed E-state index contributed by atoms with van der Waals surface area (Å²) in [6.45, 7) is 2.26. The number of nitrogens with one attached hydrogen (secondary N) is 1. The van der Waals surface area contributed by atoms with E-state index >= 15 is 0 Å². The molecule has 120 valence electrons. The molecule has 1 N–H and O–H groups in total. The molecule has 0 saturated heterocycles. The van der Waals surface area contributed by atoms with Crippen molar-refractivity contribution in [1.82, 2.24) is 14.5 Å². The molecular weight excluding hydrogens is 330 g/mol. The van der Waals surface area contributed by atoms with Crippen molar-refractivity contribution in [1.29, 1.82) is 0 Å². The first-order chi connectivity index (χ1) is 11.0. The molecule has 23 heavy (non-hydrogen) atoms. The van der Waals surface area contributed by atoms with Crippen LogP contribution in [-0.4, -0.2) is 18.2 Å². The molecule has 0 saturated carbocycles. The largest absolute Gasteiger partial charge is 0.268 e.